The number of hydrogen-bond donors (Lipinski definition) is 1. The Morgan fingerprint density at radius 1 is 1.48 bits per heavy atom. The van der Waals surface area contributed by atoms with Crippen LogP contribution in [0.15, 0.2) is 34.6 Å². The monoisotopic (exact) mass is 299 g/mol. The number of hydrogen-bond acceptors (Lipinski definition) is 3. The molecule has 0 saturated carbocycles. The number of terminal acetylenes is 1. The van der Waals surface area contributed by atoms with Crippen LogP contribution in [0.2, 0.25) is 0 Å². The molecule has 0 aliphatic heterocycles. The molecule has 1 heterocycles. The van der Waals surface area contributed by atoms with Crippen molar-refractivity contribution in [3.63, 3.8) is 0 Å². The third-order valence-corrected chi connectivity index (χ3v) is 4.13. The second kappa shape index (κ2) is 6.91. The van der Waals surface area contributed by atoms with E-state index < -0.39 is 0 Å². The van der Waals surface area contributed by atoms with Crippen molar-refractivity contribution in [1.29, 1.82) is 0 Å². The summed E-state index contributed by atoms with van der Waals surface area (Å²) < 4.78 is 2.03. The minimum absolute atomic E-state index is 0.0951. The van der Waals surface area contributed by atoms with Gasteiger partial charge in [-0.2, -0.15) is 0 Å². The number of thiazole rings is 1. The van der Waals surface area contributed by atoms with Gasteiger partial charge in [-0.15, -0.1) is 17.8 Å². The van der Waals surface area contributed by atoms with Gasteiger partial charge in [0, 0.05) is 18.1 Å². The summed E-state index contributed by atoms with van der Waals surface area (Å²) in [5.41, 5.74) is 2.85. The summed E-state index contributed by atoms with van der Waals surface area (Å²) >= 11 is 1.58. The van der Waals surface area contributed by atoms with Gasteiger partial charge in [-0.3, -0.25) is 4.79 Å². The Balaban J connectivity index is 2.30. The Morgan fingerprint density at radius 3 is 2.90 bits per heavy atom. The Hall–Kier alpha value is -2.32. The second-order valence-corrected chi connectivity index (χ2v) is 5.45. The fraction of sp³-hybridized carbons (Fsp3) is 0.250. The Labute approximate surface area is 128 Å². The SMILES string of the molecule is C#CCNC(=O)Cc1ccccc1N=c1scc(C)n1C. The largest absolute Gasteiger partial charge is 0.345 e. The lowest BCUT2D eigenvalue weighted by Gasteiger charge is -2.05. The number of aryl methyl sites for hydroxylation is 1. The average Bonchev–Trinajstić information content (AvgIpc) is 2.79. The van der Waals surface area contributed by atoms with Gasteiger partial charge in [0.15, 0.2) is 4.80 Å². The first-order chi connectivity index (χ1) is 10.1. The van der Waals surface area contributed by atoms with Crippen LogP contribution in [0, 0.1) is 19.3 Å². The zero-order chi connectivity index (χ0) is 15.2. The topological polar surface area (TPSA) is 46.4 Å². The standard InChI is InChI=1S/C16H17N3OS/c1-4-9-17-15(20)10-13-7-5-6-8-14(13)18-16-19(3)12(2)11-21-16/h1,5-8,11H,9-10H2,2-3H3,(H,17,20). The highest BCUT2D eigenvalue weighted by molar-refractivity contribution is 7.07. The molecule has 0 radical (unpaired) electrons. The molecular formula is C16H17N3OS. The van der Waals surface area contributed by atoms with E-state index in [0.717, 1.165) is 21.7 Å². The summed E-state index contributed by atoms with van der Waals surface area (Å²) in [7, 11) is 1.98. The number of rotatable bonds is 4. The average molecular weight is 299 g/mol. The normalized spacial score (nSPS) is 11.2. The molecule has 4 nitrogen and oxygen atoms in total. The first kappa shape index (κ1) is 15.1. The van der Waals surface area contributed by atoms with Gasteiger partial charge < -0.3 is 9.88 Å². The minimum atomic E-state index is -0.0951. The molecule has 0 unspecified atom stereocenters. The highest BCUT2D eigenvalue weighted by atomic mass is 32.1. The number of nitrogens with one attached hydrogen (secondary N) is 1. The maximum absolute atomic E-state index is 11.8. The maximum Gasteiger partial charge on any atom is 0.225 e. The number of amides is 1. The summed E-state index contributed by atoms with van der Waals surface area (Å²) in [6.07, 6.45) is 5.41. The molecule has 2 aromatic rings. The van der Waals surface area contributed by atoms with Gasteiger partial charge in [0.2, 0.25) is 5.91 Å². The number of nitrogens with zero attached hydrogens (tertiary/aromatic N) is 2. The van der Waals surface area contributed by atoms with Crippen molar-refractivity contribution >= 4 is 22.9 Å². The molecule has 1 aromatic heterocycles. The van der Waals surface area contributed by atoms with E-state index in [4.69, 9.17) is 6.42 Å². The van der Waals surface area contributed by atoms with Crippen molar-refractivity contribution in [2.45, 2.75) is 13.3 Å². The quantitative estimate of drug-likeness (QED) is 0.862. The van der Waals surface area contributed by atoms with E-state index in [1.54, 1.807) is 11.3 Å². The van der Waals surface area contributed by atoms with Crippen LogP contribution in [0.4, 0.5) is 5.69 Å². The van der Waals surface area contributed by atoms with Gasteiger partial charge in [0.1, 0.15) is 0 Å². The molecule has 0 atom stereocenters. The number of para-hydroxylation sites is 1. The lowest BCUT2D eigenvalue weighted by molar-refractivity contribution is -0.120. The van der Waals surface area contributed by atoms with Crippen molar-refractivity contribution in [3.05, 3.63) is 45.7 Å². The smallest absolute Gasteiger partial charge is 0.225 e. The van der Waals surface area contributed by atoms with E-state index in [1.165, 1.54) is 0 Å². The summed E-state index contributed by atoms with van der Waals surface area (Å²) in [5.74, 6) is 2.30. The zero-order valence-electron chi connectivity index (χ0n) is 12.1. The summed E-state index contributed by atoms with van der Waals surface area (Å²) in [5, 5.41) is 4.72. The van der Waals surface area contributed by atoms with E-state index in [-0.39, 0.29) is 18.9 Å². The first-order valence-corrected chi connectivity index (χ1v) is 7.43. The second-order valence-electron chi connectivity index (χ2n) is 4.62. The molecule has 108 valence electrons. The Bertz CT molecular complexity index is 749. The lowest BCUT2D eigenvalue weighted by Crippen LogP contribution is -2.25. The van der Waals surface area contributed by atoms with Crippen LogP contribution in [0.1, 0.15) is 11.3 Å². The van der Waals surface area contributed by atoms with Gasteiger partial charge in [-0.1, -0.05) is 24.1 Å². The van der Waals surface area contributed by atoms with Crippen molar-refractivity contribution in [3.8, 4) is 12.3 Å². The first-order valence-electron chi connectivity index (χ1n) is 6.55. The van der Waals surface area contributed by atoms with Crippen LogP contribution in [0.25, 0.3) is 0 Å². The van der Waals surface area contributed by atoms with Crippen LogP contribution in [0.3, 0.4) is 0 Å². The minimum Gasteiger partial charge on any atom is -0.345 e. The third-order valence-electron chi connectivity index (χ3n) is 3.10. The van der Waals surface area contributed by atoms with Crippen LogP contribution in [-0.4, -0.2) is 17.0 Å². The predicted octanol–water partition coefficient (Wildman–Crippen LogP) is 1.92. The molecule has 1 aromatic carbocycles. The molecule has 0 bridgehead atoms. The van der Waals surface area contributed by atoms with Crippen molar-refractivity contribution in [2.24, 2.45) is 12.0 Å². The molecule has 1 amide bonds. The summed E-state index contributed by atoms with van der Waals surface area (Å²) in [6.45, 7) is 2.28. The van der Waals surface area contributed by atoms with Crippen molar-refractivity contribution < 1.29 is 4.79 Å². The molecule has 0 fully saturated rings. The third kappa shape index (κ3) is 3.83. The van der Waals surface area contributed by atoms with Crippen LogP contribution in [-0.2, 0) is 18.3 Å². The Morgan fingerprint density at radius 2 is 2.24 bits per heavy atom. The molecule has 0 saturated heterocycles. The number of carbonyl (C=O) groups excluding carboxylic acids is 1. The van der Waals surface area contributed by atoms with Gasteiger partial charge in [-0.05, 0) is 18.6 Å². The highest BCUT2D eigenvalue weighted by Gasteiger charge is 2.07. The van der Waals surface area contributed by atoms with Gasteiger partial charge >= 0.3 is 0 Å². The molecule has 0 aliphatic rings. The van der Waals surface area contributed by atoms with Crippen molar-refractivity contribution in [2.75, 3.05) is 6.54 Å². The fourth-order valence-electron chi connectivity index (χ4n) is 1.81. The maximum atomic E-state index is 11.8. The van der Waals surface area contributed by atoms with Crippen molar-refractivity contribution in [1.82, 2.24) is 9.88 Å². The van der Waals surface area contributed by atoms with E-state index in [2.05, 4.69) is 21.6 Å². The number of benzene rings is 1. The molecule has 21 heavy (non-hydrogen) atoms. The van der Waals surface area contributed by atoms with Crippen LogP contribution < -0.4 is 10.1 Å². The zero-order valence-corrected chi connectivity index (χ0v) is 12.9. The molecule has 5 heteroatoms. The molecule has 1 N–H and O–H groups in total. The highest BCUT2D eigenvalue weighted by Crippen LogP contribution is 2.18. The predicted molar refractivity (Wildman–Crippen MR) is 85.2 cm³/mol. The molecular weight excluding hydrogens is 282 g/mol. The summed E-state index contributed by atoms with van der Waals surface area (Å²) in [4.78, 5) is 17.4. The molecule has 2 rings (SSSR count). The van der Waals surface area contributed by atoms with E-state index >= 15 is 0 Å². The lowest BCUT2D eigenvalue weighted by atomic mass is 10.1. The van der Waals surface area contributed by atoms with E-state index in [9.17, 15) is 4.79 Å². The number of carbonyl (C=O) groups is 1. The van der Waals surface area contributed by atoms with E-state index in [0.29, 0.717) is 0 Å². The summed E-state index contributed by atoms with van der Waals surface area (Å²) in [6, 6.07) is 7.65. The van der Waals surface area contributed by atoms with Gasteiger partial charge in [0.25, 0.3) is 0 Å². The fourth-order valence-corrected chi connectivity index (χ4v) is 2.69. The molecule has 0 spiro atoms. The van der Waals surface area contributed by atoms with Crippen LogP contribution >= 0.6 is 11.3 Å². The van der Waals surface area contributed by atoms with Gasteiger partial charge in [-0.25, -0.2) is 4.99 Å². The van der Waals surface area contributed by atoms with Gasteiger partial charge in [0.05, 0.1) is 18.7 Å². The Kier molecular flexibility index (Phi) is 4.96. The molecule has 0 aliphatic carbocycles. The number of aromatic nitrogens is 1. The van der Waals surface area contributed by atoms with E-state index in [1.807, 2.05) is 42.8 Å². The van der Waals surface area contributed by atoms with Crippen LogP contribution in [0.5, 0.6) is 0 Å².